The molecule has 0 unspecified atom stereocenters. The van der Waals surface area contributed by atoms with E-state index >= 15 is 0 Å². The van der Waals surface area contributed by atoms with Crippen molar-refractivity contribution in [3.05, 3.63) is 145 Å². The zero-order valence-electron chi connectivity index (χ0n) is 19.9. The number of furan rings is 2. The Morgan fingerprint density at radius 2 is 1.39 bits per heavy atom. The third kappa shape index (κ3) is 3.88. The monoisotopic (exact) mass is 520 g/mol. The Morgan fingerprint density at radius 3 is 1.97 bits per heavy atom. The van der Waals surface area contributed by atoms with Gasteiger partial charge in [-0.25, -0.2) is 0 Å². The summed E-state index contributed by atoms with van der Waals surface area (Å²) in [5, 5.41) is 0. The van der Waals surface area contributed by atoms with Crippen LogP contribution in [0.1, 0.15) is 38.2 Å². The van der Waals surface area contributed by atoms with Crippen LogP contribution in [0.5, 0.6) is 0 Å². The van der Waals surface area contributed by atoms with Crippen LogP contribution in [0.3, 0.4) is 0 Å². The predicted molar refractivity (Wildman–Crippen MR) is 144 cm³/mol. The van der Waals surface area contributed by atoms with Gasteiger partial charge in [0.1, 0.15) is 22.0 Å². The van der Waals surface area contributed by atoms with Crippen molar-refractivity contribution >= 4 is 40.4 Å². The maximum absolute atomic E-state index is 14.1. The van der Waals surface area contributed by atoms with E-state index in [0.717, 1.165) is 11.3 Å². The number of nitrogens with zero attached hydrogens (tertiary/aromatic N) is 1. The van der Waals surface area contributed by atoms with Gasteiger partial charge in [0.05, 0.1) is 34.1 Å². The SMILES string of the molecule is NC1=C(C(=O)c2ccccc2)[C@@H](c2ccco2)C(C(=O)c2ccccc2)=c2s/c(=C\c3ccco3)c(=O)n21. The molecule has 0 saturated carbocycles. The van der Waals surface area contributed by atoms with Crippen LogP contribution in [0.15, 0.2) is 117 Å². The summed E-state index contributed by atoms with van der Waals surface area (Å²) < 4.78 is 13.1. The van der Waals surface area contributed by atoms with Gasteiger partial charge in [0.25, 0.3) is 5.56 Å². The second-order valence-corrected chi connectivity index (χ2v) is 9.65. The number of rotatable bonds is 6. The standard InChI is InChI=1S/C30H20N2O5S/c31-28-24(26(33)18-9-3-1-4-10-18)23(21-14-8-16-37-21)25(27(34)19-11-5-2-6-12-19)30-32(28)29(35)22(38-30)17-20-13-7-15-36-20/h1-17,23H,31H2/b22-17-/t23-/m1/s1. The molecule has 1 aliphatic heterocycles. The fourth-order valence-corrected chi connectivity index (χ4v) is 5.78. The predicted octanol–water partition coefficient (Wildman–Crippen LogP) is 3.77. The quantitative estimate of drug-likeness (QED) is 0.342. The molecule has 186 valence electrons. The van der Waals surface area contributed by atoms with E-state index in [0.29, 0.717) is 31.8 Å². The number of fused-ring (bicyclic) bond motifs is 1. The van der Waals surface area contributed by atoms with Crippen LogP contribution >= 0.6 is 11.3 Å². The molecule has 2 aromatic carbocycles. The zero-order valence-corrected chi connectivity index (χ0v) is 20.7. The lowest BCUT2D eigenvalue weighted by Gasteiger charge is -2.26. The van der Waals surface area contributed by atoms with Gasteiger partial charge in [0, 0.05) is 17.2 Å². The maximum Gasteiger partial charge on any atom is 0.274 e. The molecule has 5 aromatic rings. The summed E-state index contributed by atoms with van der Waals surface area (Å²) in [5.74, 6) is -0.862. The van der Waals surface area contributed by atoms with Gasteiger partial charge in [-0.3, -0.25) is 19.0 Å². The fourth-order valence-electron chi connectivity index (χ4n) is 4.63. The second kappa shape index (κ2) is 9.49. The fraction of sp³-hybridized carbons (Fsp3) is 0.0333. The molecule has 2 N–H and O–H groups in total. The average molecular weight is 521 g/mol. The van der Waals surface area contributed by atoms with E-state index in [-0.39, 0.29) is 22.8 Å². The summed E-state index contributed by atoms with van der Waals surface area (Å²) in [5.41, 5.74) is 7.31. The zero-order chi connectivity index (χ0) is 26.2. The van der Waals surface area contributed by atoms with Crippen molar-refractivity contribution in [1.82, 2.24) is 4.57 Å². The highest BCUT2D eigenvalue weighted by atomic mass is 32.1. The van der Waals surface area contributed by atoms with Crippen LogP contribution in [0.4, 0.5) is 0 Å². The Kier molecular flexibility index (Phi) is 5.86. The molecule has 1 atom stereocenters. The highest BCUT2D eigenvalue weighted by Crippen LogP contribution is 2.39. The Hall–Kier alpha value is -4.95. The van der Waals surface area contributed by atoms with Gasteiger partial charge >= 0.3 is 0 Å². The summed E-state index contributed by atoms with van der Waals surface area (Å²) in [6.07, 6.45) is 4.58. The number of hydrogen-bond acceptors (Lipinski definition) is 7. The molecule has 1 aliphatic rings. The van der Waals surface area contributed by atoms with E-state index in [1.54, 1.807) is 84.9 Å². The summed E-state index contributed by atoms with van der Waals surface area (Å²) in [4.78, 5) is 41.8. The first-order valence-corrected chi connectivity index (χ1v) is 12.6. The molecule has 4 heterocycles. The van der Waals surface area contributed by atoms with Gasteiger partial charge in [0.15, 0.2) is 11.6 Å². The van der Waals surface area contributed by atoms with E-state index in [2.05, 4.69) is 0 Å². The van der Waals surface area contributed by atoms with Gasteiger partial charge in [-0.1, -0.05) is 60.7 Å². The first kappa shape index (κ1) is 23.4. The second-order valence-electron chi connectivity index (χ2n) is 8.62. The third-order valence-corrected chi connectivity index (χ3v) is 7.46. The van der Waals surface area contributed by atoms with Gasteiger partial charge in [-0.15, -0.1) is 11.3 Å². The van der Waals surface area contributed by atoms with Crippen LogP contribution in [0, 0.1) is 0 Å². The summed E-state index contributed by atoms with van der Waals surface area (Å²) in [6, 6.07) is 24.2. The Labute approximate surface area is 220 Å². The van der Waals surface area contributed by atoms with Crippen molar-refractivity contribution in [3.63, 3.8) is 0 Å². The largest absolute Gasteiger partial charge is 0.468 e. The van der Waals surface area contributed by atoms with E-state index in [1.807, 2.05) is 6.07 Å². The smallest absolute Gasteiger partial charge is 0.274 e. The molecule has 0 bridgehead atoms. The van der Waals surface area contributed by atoms with Gasteiger partial charge in [0.2, 0.25) is 0 Å². The molecule has 0 radical (unpaired) electrons. The Bertz CT molecular complexity index is 1860. The molecule has 0 aliphatic carbocycles. The van der Waals surface area contributed by atoms with Crippen LogP contribution in [-0.4, -0.2) is 16.1 Å². The summed E-state index contributed by atoms with van der Waals surface area (Å²) in [7, 11) is 0. The van der Waals surface area contributed by atoms with Crippen molar-refractivity contribution in [2.45, 2.75) is 5.92 Å². The number of carbonyl (C=O) groups is 2. The molecule has 0 fully saturated rings. The number of Topliss-reactive ketones (excluding diaryl/α,β-unsaturated/α-hetero) is 2. The minimum absolute atomic E-state index is 0.0415. The molecule has 3 aromatic heterocycles. The molecule has 0 saturated heterocycles. The van der Waals surface area contributed by atoms with Crippen LogP contribution in [0.25, 0.3) is 17.5 Å². The lowest BCUT2D eigenvalue weighted by atomic mass is 9.80. The number of allylic oxidation sites excluding steroid dienone is 1. The molecule has 0 amide bonds. The first-order valence-electron chi connectivity index (χ1n) is 11.8. The molecule has 7 nitrogen and oxygen atoms in total. The van der Waals surface area contributed by atoms with Crippen LogP contribution < -0.4 is 20.5 Å². The van der Waals surface area contributed by atoms with Crippen molar-refractivity contribution in [2.75, 3.05) is 0 Å². The van der Waals surface area contributed by atoms with Gasteiger partial charge in [-0.05, 0) is 24.3 Å². The normalized spacial score (nSPS) is 15.5. The average Bonchev–Trinajstić information content (AvgIpc) is 3.72. The summed E-state index contributed by atoms with van der Waals surface area (Å²) in [6.45, 7) is 0. The van der Waals surface area contributed by atoms with Gasteiger partial charge < -0.3 is 14.6 Å². The number of ketones is 2. The molecular weight excluding hydrogens is 500 g/mol. The van der Waals surface area contributed by atoms with Crippen molar-refractivity contribution < 1.29 is 18.4 Å². The molecule has 38 heavy (non-hydrogen) atoms. The lowest BCUT2D eigenvalue weighted by Crippen LogP contribution is -2.41. The van der Waals surface area contributed by atoms with Crippen molar-refractivity contribution in [3.8, 4) is 0 Å². The van der Waals surface area contributed by atoms with E-state index < -0.39 is 17.3 Å². The van der Waals surface area contributed by atoms with E-state index in [9.17, 15) is 14.4 Å². The highest BCUT2D eigenvalue weighted by molar-refractivity contribution is 7.07. The highest BCUT2D eigenvalue weighted by Gasteiger charge is 2.40. The number of benzene rings is 2. The minimum atomic E-state index is -0.931. The molecule has 0 spiro atoms. The van der Waals surface area contributed by atoms with Crippen molar-refractivity contribution in [1.29, 1.82) is 0 Å². The summed E-state index contributed by atoms with van der Waals surface area (Å²) >= 11 is 1.12. The topological polar surface area (TPSA) is 108 Å². The number of nitrogens with two attached hydrogens (primary N) is 1. The van der Waals surface area contributed by atoms with Gasteiger partial charge in [-0.2, -0.15) is 0 Å². The Morgan fingerprint density at radius 1 is 0.789 bits per heavy atom. The van der Waals surface area contributed by atoms with Crippen LogP contribution in [0.2, 0.25) is 0 Å². The van der Waals surface area contributed by atoms with Crippen molar-refractivity contribution in [2.24, 2.45) is 5.73 Å². The molecule has 8 heteroatoms. The number of aromatic nitrogens is 1. The van der Waals surface area contributed by atoms with Crippen LogP contribution in [-0.2, 0) is 0 Å². The number of carbonyl (C=O) groups excluding carboxylic acids is 2. The van der Waals surface area contributed by atoms with E-state index in [1.165, 1.54) is 17.1 Å². The minimum Gasteiger partial charge on any atom is -0.468 e. The number of hydrogen-bond donors (Lipinski definition) is 1. The Balaban J connectivity index is 1.72. The number of thiazole rings is 1. The maximum atomic E-state index is 14.1. The first-order chi connectivity index (χ1) is 18.5. The molecular formula is C30H20N2O5S. The third-order valence-electron chi connectivity index (χ3n) is 6.35. The van der Waals surface area contributed by atoms with E-state index in [4.69, 9.17) is 14.6 Å². The lowest BCUT2D eigenvalue weighted by molar-refractivity contribution is 0.102. The molecule has 6 rings (SSSR count).